The van der Waals surface area contributed by atoms with Crippen LogP contribution in [0.3, 0.4) is 0 Å². The van der Waals surface area contributed by atoms with Gasteiger partial charge in [-0.1, -0.05) is 12.5 Å². The molecule has 5 aromatic rings. The van der Waals surface area contributed by atoms with Crippen molar-refractivity contribution in [2.75, 3.05) is 23.7 Å². The van der Waals surface area contributed by atoms with Gasteiger partial charge < -0.3 is 15.2 Å². The molecule has 40 heavy (non-hydrogen) atoms. The number of fused-ring (bicyclic) bond motifs is 1. The van der Waals surface area contributed by atoms with Gasteiger partial charge in [0.25, 0.3) is 0 Å². The van der Waals surface area contributed by atoms with Gasteiger partial charge in [-0.25, -0.2) is 23.7 Å². The Labute approximate surface area is 232 Å². The molecule has 0 spiro atoms. The molecule has 5 heterocycles. The largest absolute Gasteiger partial charge is 0.328 e. The number of carbonyl (C=O) groups excluding carboxylic acids is 1. The number of aromatic nitrogens is 6. The molecule has 6 rings (SSSR count). The summed E-state index contributed by atoms with van der Waals surface area (Å²) in [7, 11) is 0. The minimum atomic E-state index is -1.10. The molecule has 1 fully saturated rings. The monoisotopic (exact) mass is 563 g/mol. The van der Waals surface area contributed by atoms with E-state index in [0.29, 0.717) is 22.9 Å². The van der Waals surface area contributed by atoms with E-state index in [1.54, 1.807) is 17.0 Å². The molecule has 0 bridgehead atoms. The summed E-state index contributed by atoms with van der Waals surface area (Å²) in [6.45, 7) is 4.85. The molecule has 0 aliphatic carbocycles. The maximum atomic E-state index is 13.9. The molecule has 13 heteroatoms. The zero-order valence-corrected chi connectivity index (χ0v) is 22.6. The van der Waals surface area contributed by atoms with Crippen LogP contribution in [0.4, 0.5) is 25.3 Å². The van der Waals surface area contributed by atoms with Gasteiger partial charge in [0.15, 0.2) is 23.1 Å². The molecule has 1 aliphatic rings. The number of piperidine rings is 1. The number of hydrogen-bond donors (Lipinski definition) is 2. The van der Waals surface area contributed by atoms with E-state index < -0.39 is 17.5 Å². The van der Waals surface area contributed by atoms with Crippen LogP contribution in [0.25, 0.3) is 17.0 Å². The number of rotatable bonds is 8. The molecule has 0 unspecified atom stereocenters. The maximum Gasteiger partial charge on any atom is 0.244 e. The van der Waals surface area contributed by atoms with Gasteiger partial charge in [0.05, 0.1) is 35.3 Å². The lowest BCUT2D eigenvalue weighted by Gasteiger charge is -2.25. The summed E-state index contributed by atoms with van der Waals surface area (Å²) in [5.41, 5.74) is 3.54. The predicted molar refractivity (Wildman–Crippen MR) is 148 cm³/mol. The molecular weight excluding hydrogens is 536 g/mol. The first-order chi connectivity index (χ1) is 19.4. The summed E-state index contributed by atoms with van der Waals surface area (Å²) in [5.74, 6) is -2.03. The van der Waals surface area contributed by atoms with Crippen LogP contribution in [0.2, 0.25) is 0 Å². The predicted octanol–water partition coefficient (Wildman–Crippen LogP) is 5.00. The maximum absolute atomic E-state index is 13.9. The minimum Gasteiger partial charge on any atom is -0.328 e. The Hall–Kier alpha value is -4.23. The van der Waals surface area contributed by atoms with E-state index in [2.05, 4.69) is 40.9 Å². The van der Waals surface area contributed by atoms with Crippen LogP contribution in [0.5, 0.6) is 0 Å². The number of likely N-dealkylation sites (tertiary alicyclic amines) is 1. The number of benzene rings is 1. The second-order valence-electron chi connectivity index (χ2n) is 9.79. The van der Waals surface area contributed by atoms with Crippen molar-refractivity contribution in [1.29, 1.82) is 0 Å². The third kappa shape index (κ3) is 5.56. The Balaban J connectivity index is 1.18. The third-order valence-corrected chi connectivity index (χ3v) is 7.44. The summed E-state index contributed by atoms with van der Waals surface area (Å²) in [5, 5.41) is 6.66. The topological polar surface area (TPSA) is 105 Å². The zero-order valence-electron chi connectivity index (χ0n) is 21.8. The van der Waals surface area contributed by atoms with Crippen LogP contribution < -0.4 is 10.6 Å². The summed E-state index contributed by atoms with van der Waals surface area (Å²) < 4.78 is 35.4. The van der Waals surface area contributed by atoms with Crippen molar-refractivity contribution in [2.24, 2.45) is 0 Å². The van der Waals surface area contributed by atoms with Crippen molar-refractivity contribution in [3.63, 3.8) is 0 Å². The van der Waals surface area contributed by atoms with E-state index in [4.69, 9.17) is 0 Å². The SMILES string of the molecule is Cc1cn2c(-c3cn(CC(=O)Nc4cccc(F)c4F)cn3)cnc2c(Nc2cc(CN3CCCCC3)ns2)n1. The number of aryl methyl sites for hydroxylation is 1. The normalized spacial score (nSPS) is 14.1. The van der Waals surface area contributed by atoms with Crippen LogP contribution in [0.1, 0.15) is 30.7 Å². The molecule has 1 aliphatic heterocycles. The van der Waals surface area contributed by atoms with E-state index in [-0.39, 0.29) is 12.2 Å². The molecule has 1 saturated heterocycles. The van der Waals surface area contributed by atoms with Crippen LogP contribution >= 0.6 is 11.5 Å². The standard InChI is InChI=1S/C27H27F2N9OS/c1-17-12-38-22(21-14-37(16-31-21)15-23(39)33-20-7-5-6-19(28)25(20)29)11-30-27(38)26(32-17)34-24-10-18(35-40-24)13-36-8-3-2-4-9-36/h5-7,10-12,14,16H,2-4,8-9,13,15H2,1H3,(H,32,34)(H,33,39). The number of nitrogens with zero attached hydrogens (tertiary/aromatic N) is 7. The van der Waals surface area contributed by atoms with E-state index in [1.165, 1.54) is 49.3 Å². The van der Waals surface area contributed by atoms with Gasteiger partial charge in [0, 0.05) is 18.9 Å². The smallest absolute Gasteiger partial charge is 0.244 e. The van der Waals surface area contributed by atoms with Crippen LogP contribution in [-0.2, 0) is 17.9 Å². The third-order valence-electron chi connectivity index (χ3n) is 6.70. The highest BCUT2D eigenvalue weighted by Crippen LogP contribution is 2.28. The fourth-order valence-electron chi connectivity index (χ4n) is 4.83. The first kappa shape index (κ1) is 26.0. The second kappa shape index (κ2) is 11.1. The number of imidazole rings is 2. The minimum absolute atomic E-state index is 0.127. The molecule has 0 saturated carbocycles. The Kier molecular flexibility index (Phi) is 7.22. The lowest BCUT2D eigenvalue weighted by Crippen LogP contribution is -2.29. The van der Waals surface area contributed by atoms with E-state index in [0.717, 1.165) is 42.1 Å². The number of carbonyl (C=O) groups is 1. The number of amides is 1. The van der Waals surface area contributed by atoms with Crippen LogP contribution in [0, 0.1) is 18.6 Å². The van der Waals surface area contributed by atoms with Crippen molar-refractivity contribution < 1.29 is 13.6 Å². The van der Waals surface area contributed by atoms with Crippen LogP contribution in [-0.4, -0.2) is 52.2 Å². The number of halogens is 2. The summed E-state index contributed by atoms with van der Waals surface area (Å²) >= 11 is 1.40. The van der Waals surface area contributed by atoms with E-state index in [1.807, 2.05) is 17.5 Å². The molecule has 0 atom stereocenters. The van der Waals surface area contributed by atoms with Gasteiger partial charge in [-0.3, -0.25) is 14.1 Å². The van der Waals surface area contributed by atoms with E-state index >= 15 is 0 Å². The highest BCUT2D eigenvalue weighted by Gasteiger charge is 2.17. The lowest BCUT2D eigenvalue weighted by molar-refractivity contribution is -0.116. The molecule has 2 N–H and O–H groups in total. The van der Waals surface area contributed by atoms with Gasteiger partial charge in [-0.05, 0) is 62.6 Å². The average molecular weight is 564 g/mol. The Bertz CT molecular complexity index is 1670. The average Bonchev–Trinajstić information content (AvgIpc) is 3.68. The summed E-state index contributed by atoms with van der Waals surface area (Å²) in [6.07, 6.45) is 10.6. The second-order valence-corrected chi connectivity index (χ2v) is 10.6. The molecule has 4 aromatic heterocycles. The van der Waals surface area contributed by atoms with Crippen molar-refractivity contribution in [2.45, 2.75) is 39.3 Å². The summed E-state index contributed by atoms with van der Waals surface area (Å²) in [6, 6.07) is 5.69. The number of nitrogens with one attached hydrogen (secondary N) is 2. The van der Waals surface area contributed by atoms with Gasteiger partial charge in [0.1, 0.15) is 17.2 Å². The van der Waals surface area contributed by atoms with Crippen molar-refractivity contribution in [3.8, 4) is 11.4 Å². The lowest BCUT2D eigenvalue weighted by atomic mass is 10.1. The van der Waals surface area contributed by atoms with Crippen molar-refractivity contribution in [3.05, 3.63) is 72.2 Å². The highest BCUT2D eigenvalue weighted by atomic mass is 32.1. The number of hydrogen-bond acceptors (Lipinski definition) is 8. The fraction of sp³-hybridized carbons (Fsp3) is 0.296. The molecule has 1 amide bonds. The quantitative estimate of drug-likeness (QED) is 0.274. The Morgan fingerprint density at radius 2 is 1.98 bits per heavy atom. The van der Waals surface area contributed by atoms with Crippen molar-refractivity contribution in [1.82, 2.24) is 33.2 Å². The number of anilines is 3. The molecule has 0 radical (unpaired) electrons. The van der Waals surface area contributed by atoms with Gasteiger partial charge >= 0.3 is 0 Å². The van der Waals surface area contributed by atoms with Crippen molar-refractivity contribution >= 4 is 39.6 Å². The molecule has 1 aromatic carbocycles. The zero-order chi connectivity index (χ0) is 27.6. The summed E-state index contributed by atoms with van der Waals surface area (Å²) in [4.78, 5) is 28.6. The first-order valence-electron chi connectivity index (χ1n) is 13.0. The van der Waals surface area contributed by atoms with Gasteiger partial charge in [0.2, 0.25) is 5.91 Å². The Morgan fingerprint density at radius 1 is 1.12 bits per heavy atom. The highest BCUT2D eigenvalue weighted by molar-refractivity contribution is 7.10. The Morgan fingerprint density at radius 3 is 2.83 bits per heavy atom. The first-order valence-corrected chi connectivity index (χ1v) is 13.8. The van der Waals surface area contributed by atoms with E-state index in [9.17, 15) is 13.6 Å². The van der Waals surface area contributed by atoms with Gasteiger partial charge in [-0.15, -0.1) is 0 Å². The fourth-order valence-corrected chi connectivity index (χ4v) is 5.48. The molecule has 10 nitrogen and oxygen atoms in total. The molecular formula is C27H27F2N9OS. The van der Waals surface area contributed by atoms with Gasteiger partial charge in [-0.2, -0.15) is 4.37 Å². The van der Waals surface area contributed by atoms with Crippen LogP contribution in [0.15, 0.2) is 49.2 Å². The molecule has 206 valence electrons.